The van der Waals surface area contributed by atoms with Gasteiger partial charge in [-0.1, -0.05) is 6.07 Å². The van der Waals surface area contributed by atoms with Crippen LogP contribution in [0.3, 0.4) is 0 Å². The van der Waals surface area contributed by atoms with Crippen LogP contribution in [0.4, 0.5) is 0 Å². The minimum absolute atomic E-state index is 0.0341. The first-order chi connectivity index (χ1) is 9.49. The topological polar surface area (TPSA) is 38.8 Å². The minimum Gasteiger partial charge on any atom is -0.481 e. The molecule has 0 radical (unpaired) electrons. The van der Waals surface area contributed by atoms with Crippen LogP contribution in [0.25, 0.3) is 0 Å². The highest BCUT2D eigenvalue weighted by Crippen LogP contribution is 2.24. The van der Waals surface area contributed by atoms with Gasteiger partial charge in [-0.15, -0.1) is 0 Å². The van der Waals surface area contributed by atoms with Crippen LogP contribution in [0, 0.1) is 20.8 Å². The molecule has 1 aliphatic rings. The van der Waals surface area contributed by atoms with Gasteiger partial charge in [0.15, 0.2) is 6.10 Å². The predicted octanol–water partition coefficient (Wildman–Crippen LogP) is 2.24. The molecule has 20 heavy (non-hydrogen) atoms. The van der Waals surface area contributed by atoms with Gasteiger partial charge >= 0.3 is 0 Å². The highest BCUT2D eigenvalue weighted by molar-refractivity contribution is 5.81. The van der Waals surface area contributed by atoms with E-state index in [9.17, 15) is 4.79 Å². The lowest BCUT2D eigenvalue weighted by molar-refractivity contribution is -0.142. The molecule has 0 aromatic heterocycles. The molecule has 1 heterocycles. The summed E-state index contributed by atoms with van der Waals surface area (Å²) in [7, 11) is 0. The SMILES string of the molecule is Cc1cc(C)c(C)c(O[C@@H](C)C(=O)N2CCOCC2)c1. The second kappa shape index (κ2) is 6.27. The molecule has 1 aliphatic heterocycles. The number of carbonyl (C=O) groups excluding carboxylic acids is 1. The van der Waals surface area contributed by atoms with Gasteiger partial charge in [-0.3, -0.25) is 4.79 Å². The molecule has 1 fully saturated rings. The molecule has 0 bridgehead atoms. The zero-order chi connectivity index (χ0) is 14.7. The van der Waals surface area contributed by atoms with Crippen molar-refractivity contribution in [2.75, 3.05) is 26.3 Å². The fourth-order valence-electron chi connectivity index (χ4n) is 2.40. The molecule has 0 saturated carbocycles. The lowest BCUT2D eigenvalue weighted by Gasteiger charge is -2.29. The summed E-state index contributed by atoms with van der Waals surface area (Å²) in [5, 5.41) is 0. The van der Waals surface area contributed by atoms with Crippen LogP contribution >= 0.6 is 0 Å². The molecule has 1 atom stereocenters. The Bertz CT molecular complexity index is 493. The number of aryl methyl sites for hydroxylation is 2. The average Bonchev–Trinajstić information content (AvgIpc) is 2.44. The normalized spacial score (nSPS) is 16.9. The number of hydrogen-bond donors (Lipinski definition) is 0. The molecule has 1 aromatic rings. The lowest BCUT2D eigenvalue weighted by Crippen LogP contribution is -2.46. The quantitative estimate of drug-likeness (QED) is 0.850. The zero-order valence-electron chi connectivity index (χ0n) is 12.7. The highest BCUT2D eigenvalue weighted by atomic mass is 16.5. The van der Waals surface area contributed by atoms with E-state index in [0.717, 1.165) is 16.9 Å². The van der Waals surface area contributed by atoms with Crippen molar-refractivity contribution in [3.8, 4) is 5.75 Å². The molecule has 1 aromatic carbocycles. The van der Waals surface area contributed by atoms with Crippen molar-refractivity contribution in [1.82, 2.24) is 4.90 Å². The van der Waals surface area contributed by atoms with Crippen molar-refractivity contribution >= 4 is 5.91 Å². The number of nitrogens with zero attached hydrogens (tertiary/aromatic N) is 1. The maximum Gasteiger partial charge on any atom is 0.263 e. The summed E-state index contributed by atoms with van der Waals surface area (Å²) >= 11 is 0. The third-order valence-corrected chi connectivity index (χ3v) is 3.74. The molecular weight excluding hydrogens is 254 g/mol. The molecule has 4 heteroatoms. The van der Waals surface area contributed by atoms with Gasteiger partial charge in [0.2, 0.25) is 0 Å². The van der Waals surface area contributed by atoms with Gasteiger partial charge in [-0.25, -0.2) is 0 Å². The maximum absolute atomic E-state index is 12.3. The Balaban J connectivity index is 2.07. The van der Waals surface area contributed by atoms with Crippen LogP contribution in [0.15, 0.2) is 12.1 Å². The van der Waals surface area contributed by atoms with Crippen LogP contribution < -0.4 is 4.74 Å². The van der Waals surface area contributed by atoms with Crippen molar-refractivity contribution in [1.29, 1.82) is 0 Å². The van der Waals surface area contributed by atoms with E-state index >= 15 is 0 Å². The number of carbonyl (C=O) groups is 1. The first-order valence-electron chi connectivity index (χ1n) is 7.10. The predicted molar refractivity (Wildman–Crippen MR) is 78.1 cm³/mol. The number of rotatable bonds is 3. The van der Waals surface area contributed by atoms with E-state index in [2.05, 4.69) is 13.0 Å². The Kier molecular flexibility index (Phi) is 4.65. The monoisotopic (exact) mass is 277 g/mol. The Morgan fingerprint density at radius 2 is 1.90 bits per heavy atom. The van der Waals surface area contributed by atoms with Crippen molar-refractivity contribution < 1.29 is 14.3 Å². The average molecular weight is 277 g/mol. The molecule has 0 aliphatic carbocycles. The third kappa shape index (κ3) is 3.31. The van der Waals surface area contributed by atoms with E-state index in [1.165, 1.54) is 5.56 Å². The second-order valence-corrected chi connectivity index (χ2v) is 5.40. The van der Waals surface area contributed by atoms with Crippen molar-refractivity contribution in [2.24, 2.45) is 0 Å². The molecule has 0 spiro atoms. The molecule has 4 nitrogen and oxygen atoms in total. The molecule has 2 rings (SSSR count). The summed E-state index contributed by atoms with van der Waals surface area (Å²) in [6.45, 7) is 10.5. The van der Waals surface area contributed by atoms with Gasteiger partial charge in [0, 0.05) is 13.1 Å². The Morgan fingerprint density at radius 1 is 1.25 bits per heavy atom. The third-order valence-electron chi connectivity index (χ3n) is 3.74. The first kappa shape index (κ1) is 14.9. The van der Waals surface area contributed by atoms with Crippen molar-refractivity contribution in [2.45, 2.75) is 33.8 Å². The van der Waals surface area contributed by atoms with Gasteiger partial charge in [-0.2, -0.15) is 0 Å². The summed E-state index contributed by atoms with van der Waals surface area (Å²) in [6.07, 6.45) is -0.465. The van der Waals surface area contributed by atoms with E-state index in [1.807, 2.05) is 31.7 Å². The van der Waals surface area contributed by atoms with Crippen LogP contribution in [0.5, 0.6) is 5.75 Å². The molecule has 0 unspecified atom stereocenters. The fraction of sp³-hybridized carbons (Fsp3) is 0.562. The fourth-order valence-corrected chi connectivity index (χ4v) is 2.40. The smallest absolute Gasteiger partial charge is 0.263 e. The summed E-state index contributed by atoms with van der Waals surface area (Å²) < 4.78 is 11.2. The molecule has 110 valence electrons. The molecule has 0 N–H and O–H groups in total. The van der Waals surface area contributed by atoms with Gasteiger partial charge in [0.25, 0.3) is 5.91 Å². The molecular formula is C16H23NO3. The van der Waals surface area contributed by atoms with E-state index < -0.39 is 6.10 Å². The summed E-state index contributed by atoms with van der Waals surface area (Å²) in [6, 6.07) is 4.11. The number of morpholine rings is 1. The standard InChI is InChI=1S/C16H23NO3/c1-11-9-12(2)13(3)15(10-11)20-14(4)16(18)17-5-7-19-8-6-17/h9-10,14H,5-8H2,1-4H3/t14-/m0/s1. The van der Waals surface area contributed by atoms with Gasteiger partial charge in [0.1, 0.15) is 5.75 Å². The van der Waals surface area contributed by atoms with Gasteiger partial charge in [-0.05, 0) is 50.5 Å². The number of amides is 1. The minimum atomic E-state index is -0.465. The van der Waals surface area contributed by atoms with E-state index in [0.29, 0.717) is 26.3 Å². The summed E-state index contributed by atoms with van der Waals surface area (Å²) in [5.74, 6) is 0.837. The maximum atomic E-state index is 12.3. The number of hydrogen-bond acceptors (Lipinski definition) is 3. The highest BCUT2D eigenvalue weighted by Gasteiger charge is 2.24. The largest absolute Gasteiger partial charge is 0.481 e. The lowest BCUT2D eigenvalue weighted by atomic mass is 10.1. The van der Waals surface area contributed by atoms with Crippen LogP contribution in [-0.4, -0.2) is 43.2 Å². The Morgan fingerprint density at radius 3 is 2.55 bits per heavy atom. The van der Waals surface area contributed by atoms with Gasteiger partial charge < -0.3 is 14.4 Å². The summed E-state index contributed by atoms with van der Waals surface area (Å²) in [4.78, 5) is 14.1. The van der Waals surface area contributed by atoms with Crippen LogP contribution in [-0.2, 0) is 9.53 Å². The van der Waals surface area contributed by atoms with Crippen LogP contribution in [0.2, 0.25) is 0 Å². The number of ether oxygens (including phenoxy) is 2. The van der Waals surface area contributed by atoms with E-state index in [-0.39, 0.29) is 5.91 Å². The Labute approximate surface area is 120 Å². The van der Waals surface area contributed by atoms with Gasteiger partial charge in [0.05, 0.1) is 13.2 Å². The van der Waals surface area contributed by atoms with Crippen LogP contribution in [0.1, 0.15) is 23.6 Å². The van der Waals surface area contributed by atoms with E-state index in [4.69, 9.17) is 9.47 Å². The van der Waals surface area contributed by atoms with E-state index in [1.54, 1.807) is 0 Å². The van der Waals surface area contributed by atoms with Crippen molar-refractivity contribution in [3.05, 3.63) is 28.8 Å². The number of benzene rings is 1. The van der Waals surface area contributed by atoms with Crippen molar-refractivity contribution in [3.63, 3.8) is 0 Å². The summed E-state index contributed by atoms with van der Waals surface area (Å²) in [5.41, 5.74) is 3.43. The molecule has 1 amide bonds. The Hall–Kier alpha value is -1.55. The zero-order valence-corrected chi connectivity index (χ0v) is 12.7. The second-order valence-electron chi connectivity index (χ2n) is 5.40. The first-order valence-corrected chi connectivity index (χ1v) is 7.10. The molecule has 1 saturated heterocycles.